The smallest absolute Gasteiger partial charge is 0.251 e. The van der Waals surface area contributed by atoms with Gasteiger partial charge in [-0.25, -0.2) is 9.50 Å². The van der Waals surface area contributed by atoms with E-state index in [0.717, 1.165) is 16.8 Å². The summed E-state index contributed by atoms with van der Waals surface area (Å²) in [5.74, 6) is -0.531. The van der Waals surface area contributed by atoms with Crippen molar-refractivity contribution >= 4 is 23.2 Å². The van der Waals surface area contributed by atoms with Crippen molar-refractivity contribution in [2.45, 2.75) is 6.92 Å². The molecule has 1 aromatic carbocycles. The molecule has 2 aromatic heterocycles. The molecule has 5 nitrogen and oxygen atoms in total. The third kappa shape index (κ3) is 2.02. The standard InChI is InChI=1S/C14H11ClN4O/c1-8-12(9-3-2-4-11(15)5-9)14-17-6-10(13(16)20)7-19(14)18-8/h2-7H,1H3,(H2,16,20). The second kappa shape index (κ2) is 4.61. The first-order valence-electron chi connectivity index (χ1n) is 5.97. The van der Waals surface area contributed by atoms with Crippen LogP contribution in [0.15, 0.2) is 36.7 Å². The van der Waals surface area contributed by atoms with Crippen molar-refractivity contribution in [1.82, 2.24) is 14.6 Å². The number of hydrogen-bond donors (Lipinski definition) is 1. The molecule has 0 radical (unpaired) electrons. The molecule has 6 heteroatoms. The minimum Gasteiger partial charge on any atom is -0.366 e. The molecule has 0 unspecified atom stereocenters. The van der Waals surface area contributed by atoms with Crippen molar-refractivity contribution in [3.63, 3.8) is 0 Å². The summed E-state index contributed by atoms with van der Waals surface area (Å²) in [7, 11) is 0. The van der Waals surface area contributed by atoms with Crippen LogP contribution in [0.2, 0.25) is 5.02 Å². The van der Waals surface area contributed by atoms with Crippen LogP contribution in [0.5, 0.6) is 0 Å². The van der Waals surface area contributed by atoms with Crippen LogP contribution in [-0.4, -0.2) is 20.5 Å². The average molecular weight is 287 g/mol. The molecule has 0 fully saturated rings. The summed E-state index contributed by atoms with van der Waals surface area (Å²) in [6, 6.07) is 7.48. The van der Waals surface area contributed by atoms with E-state index in [0.29, 0.717) is 16.2 Å². The Balaban J connectivity index is 2.26. The normalized spacial score (nSPS) is 10.9. The molecule has 0 saturated carbocycles. The summed E-state index contributed by atoms with van der Waals surface area (Å²) >= 11 is 6.02. The Morgan fingerprint density at radius 3 is 2.90 bits per heavy atom. The summed E-state index contributed by atoms with van der Waals surface area (Å²) in [5, 5.41) is 5.01. The third-order valence-corrected chi connectivity index (χ3v) is 3.28. The van der Waals surface area contributed by atoms with Gasteiger partial charge in [0.1, 0.15) is 0 Å². The monoisotopic (exact) mass is 286 g/mol. The Kier molecular flexibility index (Phi) is 2.91. The van der Waals surface area contributed by atoms with Crippen molar-refractivity contribution in [2.75, 3.05) is 0 Å². The molecule has 3 rings (SSSR count). The fourth-order valence-electron chi connectivity index (χ4n) is 2.15. The maximum Gasteiger partial charge on any atom is 0.251 e. The van der Waals surface area contributed by atoms with Crippen molar-refractivity contribution < 1.29 is 4.79 Å². The first kappa shape index (κ1) is 12.6. The Morgan fingerprint density at radius 2 is 2.20 bits per heavy atom. The van der Waals surface area contributed by atoms with E-state index in [4.69, 9.17) is 17.3 Å². The highest BCUT2D eigenvalue weighted by molar-refractivity contribution is 6.30. The fourth-order valence-corrected chi connectivity index (χ4v) is 2.34. The van der Waals surface area contributed by atoms with Gasteiger partial charge in [0.15, 0.2) is 5.65 Å². The molecule has 1 amide bonds. The number of amides is 1. The van der Waals surface area contributed by atoms with E-state index in [-0.39, 0.29) is 0 Å². The van der Waals surface area contributed by atoms with E-state index in [9.17, 15) is 4.79 Å². The van der Waals surface area contributed by atoms with E-state index in [2.05, 4.69) is 10.1 Å². The zero-order valence-corrected chi connectivity index (χ0v) is 11.4. The summed E-state index contributed by atoms with van der Waals surface area (Å²) in [6.45, 7) is 1.88. The van der Waals surface area contributed by atoms with Gasteiger partial charge in [0.2, 0.25) is 0 Å². The Morgan fingerprint density at radius 1 is 1.40 bits per heavy atom. The predicted molar refractivity (Wildman–Crippen MR) is 76.7 cm³/mol. The number of primary amides is 1. The highest BCUT2D eigenvalue weighted by Gasteiger charge is 2.14. The van der Waals surface area contributed by atoms with E-state index < -0.39 is 5.91 Å². The molecule has 0 spiro atoms. The Hall–Kier alpha value is -2.40. The highest BCUT2D eigenvalue weighted by Crippen LogP contribution is 2.28. The quantitative estimate of drug-likeness (QED) is 0.786. The Bertz CT molecular complexity index is 825. The second-order valence-corrected chi connectivity index (χ2v) is 4.88. The second-order valence-electron chi connectivity index (χ2n) is 4.45. The first-order chi connectivity index (χ1) is 9.56. The molecule has 2 N–H and O–H groups in total. The van der Waals surface area contributed by atoms with Gasteiger partial charge >= 0.3 is 0 Å². The molecular weight excluding hydrogens is 276 g/mol. The van der Waals surface area contributed by atoms with Crippen LogP contribution in [0.25, 0.3) is 16.8 Å². The minimum absolute atomic E-state index is 0.317. The molecule has 100 valence electrons. The minimum atomic E-state index is -0.531. The lowest BCUT2D eigenvalue weighted by Gasteiger charge is -2.01. The number of aryl methyl sites for hydroxylation is 1. The van der Waals surface area contributed by atoms with Crippen molar-refractivity contribution in [3.05, 3.63) is 52.9 Å². The summed E-state index contributed by atoms with van der Waals surface area (Å²) in [4.78, 5) is 15.5. The zero-order valence-electron chi connectivity index (χ0n) is 10.7. The molecule has 2 heterocycles. The van der Waals surface area contributed by atoms with E-state index in [1.54, 1.807) is 10.7 Å². The van der Waals surface area contributed by atoms with Crippen LogP contribution in [-0.2, 0) is 0 Å². The van der Waals surface area contributed by atoms with Gasteiger partial charge in [-0.1, -0.05) is 23.7 Å². The first-order valence-corrected chi connectivity index (χ1v) is 6.35. The summed E-state index contributed by atoms with van der Waals surface area (Å²) in [5.41, 5.74) is 8.86. The number of aromatic nitrogens is 3. The van der Waals surface area contributed by atoms with Gasteiger partial charge in [0, 0.05) is 23.0 Å². The highest BCUT2D eigenvalue weighted by atomic mass is 35.5. The van der Waals surface area contributed by atoms with Gasteiger partial charge in [-0.2, -0.15) is 5.10 Å². The summed E-state index contributed by atoms with van der Waals surface area (Å²) < 4.78 is 1.56. The predicted octanol–water partition coefficient (Wildman–Crippen LogP) is 2.46. The number of carbonyl (C=O) groups is 1. The molecular formula is C14H11ClN4O. The van der Waals surface area contributed by atoms with Gasteiger partial charge in [0.25, 0.3) is 5.91 Å². The number of fused-ring (bicyclic) bond motifs is 1. The molecule has 0 aliphatic carbocycles. The molecule has 3 aromatic rings. The maximum atomic E-state index is 11.2. The molecule has 0 aliphatic rings. The van der Waals surface area contributed by atoms with Crippen molar-refractivity contribution in [2.24, 2.45) is 5.73 Å². The van der Waals surface area contributed by atoms with Gasteiger partial charge in [-0.3, -0.25) is 4.79 Å². The fraction of sp³-hybridized carbons (Fsp3) is 0.0714. The van der Waals surface area contributed by atoms with Gasteiger partial charge in [-0.15, -0.1) is 0 Å². The lowest BCUT2D eigenvalue weighted by molar-refractivity contribution is 0.0999. The molecule has 0 bridgehead atoms. The Labute approximate surface area is 120 Å². The van der Waals surface area contributed by atoms with E-state index in [1.165, 1.54) is 6.20 Å². The summed E-state index contributed by atoms with van der Waals surface area (Å²) in [6.07, 6.45) is 3.03. The number of hydrogen-bond acceptors (Lipinski definition) is 3. The SMILES string of the molecule is Cc1nn2cc(C(N)=O)cnc2c1-c1cccc(Cl)c1. The number of rotatable bonds is 2. The van der Waals surface area contributed by atoms with Gasteiger partial charge in [0.05, 0.1) is 11.3 Å². The van der Waals surface area contributed by atoms with E-state index in [1.807, 2.05) is 31.2 Å². The third-order valence-electron chi connectivity index (χ3n) is 3.05. The van der Waals surface area contributed by atoms with Crippen LogP contribution in [0.4, 0.5) is 0 Å². The largest absolute Gasteiger partial charge is 0.366 e. The topological polar surface area (TPSA) is 73.3 Å². The molecule has 0 aliphatic heterocycles. The van der Waals surface area contributed by atoms with Crippen LogP contribution < -0.4 is 5.73 Å². The van der Waals surface area contributed by atoms with Crippen molar-refractivity contribution in [1.29, 1.82) is 0 Å². The lowest BCUT2D eigenvalue weighted by Crippen LogP contribution is -2.12. The van der Waals surface area contributed by atoms with Crippen molar-refractivity contribution in [3.8, 4) is 11.1 Å². The van der Waals surface area contributed by atoms with Gasteiger partial charge < -0.3 is 5.73 Å². The van der Waals surface area contributed by atoms with Crippen LogP contribution in [0.3, 0.4) is 0 Å². The number of benzene rings is 1. The van der Waals surface area contributed by atoms with Crippen LogP contribution in [0, 0.1) is 6.92 Å². The van der Waals surface area contributed by atoms with Gasteiger partial charge in [-0.05, 0) is 24.6 Å². The number of nitrogens with zero attached hydrogens (tertiary/aromatic N) is 3. The maximum absolute atomic E-state index is 11.2. The number of nitrogens with two attached hydrogens (primary N) is 1. The van der Waals surface area contributed by atoms with E-state index >= 15 is 0 Å². The zero-order chi connectivity index (χ0) is 14.3. The number of halogens is 1. The molecule has 0 atom stereocenters. The molecule has 20 heavy (non-hydrogen) atoms. The van der Waals surface area contributed by atoms with Crippen LogP contribution >= 0.6 is 11.6 Å². The average Bonchev–Trinajstić information content (AvgIpc) is 2.73. The molecule has 0 saturated heterocycles. The van der Waals surface area contributed by atoms with Crippen LogP contribution in [0.1, 0.15) is 16.1 Å². The lowest BCUT2D eigenvalue weighted by atomic mass is 10.1. The number of carbonyl (C=O) groups excluding carboxylic acids is 1.